The van der Waals surface area contributed by atoms with Gasteiger partial charge in [-0.25, -0.2) is 9.97 Å². The molecule has 0 saturated carbocycles. The van der Waals surface area contributed by atoms with Crippen LogP contribution in [0.3, 0.4) is 0 Å². The number of hydrogen-bond acceptors (Lipinski definition) is 5. The number of ether oxygens (including phenoxy) is 2. The highest BCUT2D eigenvalue weighted by Gasteiger charge is 2.24. The maximum atomic E-state index is 6.19. The monoisotopic (exact) mass is 341 g/mol. The SMILES string of the molecule is COc1cc2ncnc(N3CCc4ccc(Cl)cc43)c2cc1OC. The molecule has 24 heavy (non-hydrogen) atoms. The van der Waals surface area contributed by atoms with Gasteiger partial charge in [0.05, 0.1) is 19.7 Å². The van der Waals surface area contributed by atoms with E-state index in [0.29, 0.717) is 11.5 Å². The third kappa shape index (κ3) is 2.32. The average molecular weight is 342 g/mol. The summed E-state index contributed by atoms with van der Waals surface area (Å²) in [5.41, 5.74) is 3.18. The van der Waals surface area contributed by atoms with E-state index >= 15 is 0 Å². The summed E-state index contributed by atoms with van der Waals surface area (Å²) >= 11 is 6.19. The number of aromatic nitrogens is 2. The lowest BCUT2D eigenvalue weighted by Gasteiger charge is -2.20. The van der Waals surface area contributed by atoms with Gasteiger partial charge in [-0.15, -0.1) is 0 Å². The second kappa shape index (κ2) is 5.83. The smallest absolute Gasteiger partial charge is 0.162 e. The molecule has 6 heteroatoms. The van der Waals surface area contributed by atoms with Crippen LogP contribution in [0.5, 0.6) is 11.5 Å². The summed E-state index contributed by atoms with van der Waals surface area (Å²) < 4.78 is 10.8. The van der Waals surface area contributed by atoms with Crippen LogP contribution in [0, 0.1) is 0 Å². The van der Waals surface area contributed by atoms with E-state index in [1.54, 1.807) is 20.5 Å². The molecule has 0 unspecified atom stereocenters. The molecule has 1 aliphatic rings. The maximum absolute atomic E-state index is 6.19. The standard InChI is InChI=1S/C18H16ClN3O2/c1-23-16-8-13-14(9-17(16)24-2)20-10-21-18(13)22-6-5-11-3-4-12(19)7-15(11)22/h3-4,7-10H,5-6H2,1-2H3. The van der Waals surface area contributed by atoms with Gasteiger partial charge in [-0.05, 0) is 30.2 Å². The first kappa shape index (κ1) is 15.0. The molecule has 0 N–H and O–H groups in total. The minimum Gasteiger partial charge on any atom is -0.493 e. The molecule has 3 aromatic rings. The van der Waals surface area contributed by atoms with Crippen molar-refractivity contribution in [2.75, 3.05) is 25.7 Å². The molecule has 2 heterocycles. The van der Waals surface area contributed by atoms with Crippen molar-refractivity contribution in [1.82, 2.24) is 9.97 Å². The Hall–Kier alpha value is -2.53. The highest BCUT2D eigenvalue weighted by atomic mass is 35.5. The van der Waals surface area contributed by atoms with Crippen molar-refractivity contribution in [3.05, 3.63) is 47.2 Å². The van der Waals surface area contributed by atoms with Crippen molar-refractivity contribution in [1.29, 1.82) is 0 Å². The first-order chi connectivity index (χ1) is 11.7. The van der Waals surface area contributed by atoms with Crippen molar-refractivity contribution < 1.29 is 9.47 Å². The van der Waals surface area contributed by atoms with Gasteiger partial charge in [-0.1, -0.05) is 17.7 Å². The molecule has 0 saturated heterocycles. The molecule has 0 radical (unpaired) electrons. The minimum atomic E-state index is 0.652. The lowest BCUT2D eigenvalue weighted by molar-refractivity contribution is 0.356. The van der Waals surface area contributed by atoms with E-state index in [9.17, 15) is 0 Å². The lowest BCUT2D eigenvalue weighted by Crippen LogP contribution is -2.15. The van der Waals surface area contributed by atoms with E-state index in [1.807, 2.05) is 24.3 Å². The Morgan fingerprint density at radius 2 is 1.83 bits per heavy atom. The van der Waals surface area contributed by atoms with Gasteiger partial charge in [0.15, 0.2) is 11.5 Å². The van der Waals surface area contributed by atoms with Gasteiger partial charge >= 0.3 is 0 Å². The molecule has 2 aromatic carbocycles. The topological polar surface area (TPSA) is 47.5 Å². The van der Waals surface area contributed by atoms with Crippen molar-refractivity contribution in [2.45, 2.75) is 6.42 Å². The molecule has 0 amide bonds. The Balaban J connectivity index is 1.91. The molecule has 4 rings (SSSR count). The number of anilines is 2. The third-order valence-electron chi connectivity index (χ3n) is 4.32. The zero-order valence-corrected chi connectivity index (χ0v) is 14.2. The molecule has 0 spiro atoms. The second-order valence-electron chi connectivity index (χ2n) is 5.60. The number of fused-ring (bicyclic) bond motifs is 2. The van der Waals surface area contributed by atoms with Gasteiger partial charge < -0.3 is 14.4 Å². The van der Waals surface area contributed by atoms with E-state index in [-0.39, 0.29) is 0 Å². The van der Waals surface area contributed by atoms with E-state index in [1.165, 1.54) is 5.56 Å². The highest BCUT2D eigenvalue weighted by Crippen LogP contribution is 2.40. The number of hydrogen-bond donors (Lipinski definition) is 0. The van der Waals surface area contributed by atoms with Crippen molar-refractivity contribution in [2.24, 2.45) is 0 Å². The number of halogens is 1. The Bertz CT molecular complexity index is 930. The number of rotatable bonds is 3. The Kier molecular flexibility index (Phi) is 3.65. The molecule has 0 fully saturated rings. The zero-order chi connectivity index (χ0) is 16.7. The summed E-state index contributed by atoms with van der Waals surface area (Å²) in [5, 5.41) is 1.64. The fourth-order valence-electron chi connectivity index (χ4n) is 3.16. The highest BCUT2D eigenvalue weighted by molar-refractivity contribution is 6.31. The van der Waals surface area contributed by atoms with E-state index in [2.05, 4.69) is 20.9 Å². The summed E-state index contributed by atoms with van der Waals surface area (Å²) in [7, 11) is 3.24. The maximum Gasteiger partial charge on any atom is 0.162 e. The van der Waals surface area contributed by atoms with Gasteiger partial charge in [0.25, 0.3) is 0 Å². The molecule has 0 bridgehead atoms. The van der Waals surface area contributed by atoms with Crippen molar-refractivity contribution in [3.63, 3.8) is 0 Å². The van der Waals surface area contributed by atoms with Gasteiger partial charge in [0.1, 0.15) is 12.1 Å². The number of nitrogens with zero attached hydrogens (tertiary/aromatic N) is 3. The summed E-state index contributed by atoms with van der Waals surface area (Å²) in [5.74, 6) is 2.16. The molecule has 0 aliphatic carbocycles. The zero-order valence-electron chi connectivity index (χ0n) is 13.4. The molecular formula is C18H16ClN3O2. The van der Waals surface area contributed by atoms with Crippen LogP contribution in [0.25, 0.3) is 10.9 Å². The van der Waals surface area contributed by atoms with Crippen LogP contribution in [0.15, 0.2) is 36.7 Å². The van der Waals surface area contributed by atoms with Crippen LogP contribution in [-0.4, -0.2) is 30.7 Å². The predicted molar refractivity (Wildman–Crippen MR) is 94.8 cm³/mol. The Morgan fingerprint density at radius 1 is 1.04 bits per heavy atom. The lowest BCUT2D eigenvalue weighted by atomic mass is 10.1. The van der Waals surface area contributed by atoms with Gasteiger partial charge in [-0.2, -0.15) is 0 Å². The summed E-state index contributed by atoms with van der Waals surface area (Å²) in [4.78, 5) is 11.1. The third-order valence-corrected chi connectivity index (χ3v) is 4.55. The van der Waals surface area contributed by atoms with Gasteiger partial charge in [0, 0.05) is 28.7 Å². The fraction of sp³-hybridized carbons (Fsp3) is 0.222. The predicted octanol–water partition coefficient (Wildman–Crippen LogP) is 3.99. The van der Waals surface area contributed by atoms with E-state index in [4.69, 9.17) is 21.1 Å². The first-order valence-electron chi connectivity index (χ1n) is 7.64. The van der Waals surface area contributed by atoms with Gasteiger partial charge in [0.2, 0.25) is 0 Å². The molecule has 1 aromatic heterocycles. The van der Waals surface area contributed by atoms with Crippen LogP contribution >= 0.6 is 11.6 Å². The molecule has 122 valence electrons. The van der Waals surface area contributed by atoms with Crippen LogP contribution in [0.1, 0.15) is 5.56 Å². The fourth-order valence-corrected chi connectivity index (χ4v) is 3.32. The molecule has 1 aliphatic heterocycles. The molecular weight excluding hydrogens is 326 g/mol. The largest absolute Gasteiger partial charge is 0.493 e. The van der Waals surface area contributed by atoms with E-state index < -0.39 is 0 Å². The van der Waals surface area contributed by atoms with Crippen LogP contribution in [-0.2, 0) is 6.42 Å². The summed E-state index contributed by atoms with van der Waals surface area (Å²) in [6, 6.07) is 9.78. The number of benzene rings is 2. The first-order valence-corrected chi connectivity index (χ1v) is 8.02. The normalized spacial score (nSPS) is 13.2. The quantitative estimate of drug-likeness (QED) is 0.720. The van der Waals surface area contributed by atoms with Crippen molar-refractivity contribution in [3.8, 4) is 11.5 Å². The van der Waals surface area contributed by atoms with E-state index in [0.717, 1.165) is 40.4 Å². The summed E-state index contributed by atoms with van der Waals surface area (Å²) in [6.07, 6.45) is 2.54. The molecule has 5 nitrogen and oxygen atoms in total. The Morgan fingerprint density at radius 3 is 2.62 bits per heavy atom. The molecule has 0 atom stereocenters. The van der Waals surface area contributed by atoms with Crippen LogP contribution in [0.2, 0.25) is 5.02 Å². The van der Waals surface area contributed by atoms with Crippen LogP contribution in [0.4, 0.5) is 11.5 Å². The second-order valence-corrected chi connectivity index (χ2v) is 6.03. The van der Waals surface area contributed by atoms with Crippen molar-refractivity contribution >= 4 is 34.0 Å². The Labute approximate surface area is 144 Å². The number of methoxy groups -OCH3 is 2. The minimum absolute atomic E-state index is 0.652. The average Bonchev–Trinajstić information content (AvgIpc) is 3.02. The van der Waals surface area contributed by atoms with Crippen LogP contribution < -0.4 is 14.4 Å². The van der Waals surface area contributed by atoms with Gasteiger partial charge in [-0.3, -0.25) is 0 Å². The summed E-state index contributed by atoms with van der Waals surface area (Å²) in [6.45, 7) is 0.857.